The lowest BCUT2D eigenvalue weighted by molar-refractivity contribution is 0.574. The maximum atomic E-state index is 11.2. The minimum Gasteiger partial charge on any atom is -0.455 e. The van der Waals surface area contributed by atoms with Gasteiger partial charge in [-0.25, -0.2) is 13.6 Å². The highest BCUT2D eigenvalue weighted by molar-refractivity contribution is 7.89. The maximum Gasteiger partial charge on any atom is 0.238 e. The second kappa shape index (κ2) is 5.91. The van der Waals surface area contributed by atoms with Gasteiger partial charge in [0.1, 0.15) is 17.8 Å². The predicted octanol–water partition coefficient (Wildman–Crippen LogP) is 1.73. The molecule has 118 valence electrons. The minimum absolute atomic E-state index is 0.0453. The monoisotopic (exact) mass is 349 g/mol. The Bertz CT molecular complexity index is 1010. The van der Waals surface area contributed by atoms with Crippen molar-refractivity contribution in [3.63, 3.8) is 0 Å². The van der Waals surface area contributed by atoms with Crippen LogP contribution < -0.4 is 5.14 Å². The van der Waals surface area contributed by atoms with Crippen molar-refractivity contribution in [1.29, 1.82) is 0 Å². The summed E-state index contributed by atoms with van der Waals surface area (Å²) in [5.41, 5.74) is 0.719. The number of furan rings is 1. The van der Waals surface area contributed by atoms with Gasteiger partial charge in [-0.15, -0.1) is 0 Å². The number of hydrogen-bond donors (Lipinski definition) is 2. The molecule has 1 aromatic carbocycles. The first-order chi connectivity index (χ1) is 10.9. The van der Waals surface area contributed by atoms with E-state index in [4.69, 9.17) is 21.8 Å². The van der Waals surface area contributed by atoms with Gasteiger partial charge in [0.05, 0.1) is 11.1 Å². The zero-order valence-electron chi connectivity index (χ0n) is 11.6. The van der Waals surface area contributed by atoms with Crippen LogP contribution in [0.25, 0.3) is 11.3 Å². The number of aromatic amines is 1. The average Bonchev–Trinajstić information content (AvgIpc) is 3.13. The highest BCUT2D eigenvalue weighted by Crippen LogP contribution is 2.22. The van der Waals surface area contributed by atoms with Crippen molar-refractivity contribution < 1.29 is 12.8 Å². The molecule has 0 aliphatic carbocycles. The number of nitrogens with zero attached hydrogens (tertiary/aromatic N) is 3. The van der Waals surface area contributed by atoms with Gasteiger partial charge in [0.2, 0.25) is 14.8 Å². The number of hydrogen-bond acceptors (Lipinski definition) is 6. The molecular weight excluding hydrogens is 338 g/mol. The molecule has 0 aliphatic rings. The summed E-state index contributed by atoms with van der Waals surface area (Å²) in [7, 11) is -3.71. The number of nitrogens with two attached hydrogens (primary N) is 1. The van der Waals surface area contributed by atoms with E-state index in [1.807, 2.05) is 0 Å². The van der Waals surface area contributed by atoms with Crippen LogP contribution in [0.4, 0.5) is 0 Å². The van der Waals surface area contributed by atoms with Gasteiger partial charge in [-0.2, -0.15) is 14.9 Å². The summed E-state index contributed by atoms with van der Waals surface area (Å²) in [6.07, 6.45) is 2.93. The van der Waals surface area contributed by atoms with Crippen molar-refractivity contribution in [1.82, 2.24) is 14.9 Å². The Morgan fingerprint density at radius 2 is 2.00 bits per heavy atom. The molecule has 0 bridgehead atoms. The Balaban J connectivity index is 1.83. The normalized spacial score (nSPS) is 12.0. The minimum atomic E-state index is -3.71. The van der Waals surface area contributed by atoms with Gasteiger partial charge < -0.3 is 4.42 Å². The van der Waals surface area contributed by atoms with Crippen molar-refractivity contribution >= 4 is 28.5 Å². The molecule has 3 aromatic rings. The van der Waals surface area contributed by atoms with Gasteiger partial charge in [0, 0.05) is 5.56 Å². The van der Waals surface area contributed by atoms with E-state index in [1.54, 1.807) is 24.3 Å². The lowest BCUT2D eigenvalue weighted by atomic mass is 10.2. The van der Waals surface area contributed by atoms with E-state index >= 15 is 0 Å². The fourth-order valence-corrected chi connectivity index (χ4v) is 2.49. The fourth-order valence-electron chi connectivity index (χ4n) is 1.83. The zero-order valence-corrected chi connectivity index (χ0v) is 13.2. The summed E-state index contributed by atoms with van der Waals surface area (Å²) in [6, 6.07) is 9.56. The molecule has 10 heteroatoms. The Hall–Kier alpha value is -2.56. The van der Waals surface area contributed by atoms with E-state index in [0.29, 0.717) is 16.3 Å². The smallest absolute Gasteiger partial charge is 0.238 e. The molecule has 0 unspecified atom stereocenters. The van der Waals surface area contributed by atoms with Crippen molar-refractivity contribution in [2.75, 3.05) is 0 Å². The molecule has 0 saturated carbocycles. The molecule has 0 amide bonds. The van der Waals surface area contributed by atoms with Crippen LogP contribution in [0.1, 0.15) is 5.76 Å². The van der Waals surface area contributed by atoms with E-state index in [1.165, 1.54) is 29.4 Å². The molecule has 0 atom stereocenters. The zero-order chi connectivity index (χ0) is 16.4. The largest absolute Gasteiger partial charge is 0.455 e. The summed E-state index contributed by atoms with van der Waals surface area (Å²) in [5, 5.41) is 15.5. The quantitative estimate of drug-likeness (QED) is 0.549. The number of primary sulfonamides is 1. The van der Waals surface area contributed by atoms with E-state index < -0.39 is 10.0 Å². The van der Waals surface area contributed by atoms with Crippen molar-refractivity contribution in [3.8, 4) is 11.3 Å². The van der Waals surface area contributed by atoms with Crippen LogP contribution >= 0.6 is 12.2 Å². The number of sulfonamides is 1. The highest BCUT2D eigenvalue weighted by Gasteiger charge is 2.09. The third-order valence-corrected chi connectivity index (χ3v) is 4.15. The standard InChI is InChI=1S/C13H11N5O3S2/c14-23(19,20)11-4-1-9(2-5-11)12-6-3-10(21-12)7-16-18-8-15-17-13(18)22/h1-8H,(H,17,22)(H2,14,19,20)/b16-7-. The lowest BCUT2D eigenvalue weighted by Crippen LogP contribution is -2.11. The van der Waals surface area contributed by atoms with E-state index in [-0.39, 0.29) is 4.90 Å². The van der Waals surface area contributed by atoms with Crippen molar-refractivity contribution in [2.45, 2.75) is 4.90 Å². The fraction of sp³-hybridized carbons (Fsp3) is 0. The molecule has 8 nitrogen and oxygen atoms in total. The highest BCUT2D eigenvalue weighted by atomic mass is 32.2. The SMILES string of the molecule is NS(=O)(=O)c1ccc(-c2ccc(/C=N\n3cn[nH]c3=S)o2)cc1. The van der Waals surface area contributed by atoms with Crippen LogP contribution in [-0.4, -0.2) is 29.5 Å². The topological polar surface area (TPSA) is 119 Å². The van der Waals surface area contributed by atoms with Gasteiger partial charge in [-0.3, -0.25) is 5.10 Å². The summed E-state index contributed by atoms with van der Waals surface area (Å²) >= 11 is 4.97. The lowest BCUT2D eigenvalue weighted by Gasteiger charge is -2.00. The van der Waals surface area contributed by atoms with E-state index in [9.17, 15) is 8.42 Å². The van der Waals surface area contributed by atoms with Crippen LogP contribution in [0.3, 0.4) is 0 Å². The van der Waals surface area contributed by atoms with Crippen LogP contribution in [0.15, 0.2) is 57.1 Å². The predicted molar refractivity (Wildman–Crippen MR) is 85.9 cm³/mol. The van der Waals surface area contributed by atoms with Crippen molar-refractivity contribution in [3.05, 3.63) is 53.3 Å². The number of benzene rings is 1. The van der Waals surface area contributed by atoms with Crippen LogP contribution in [0.5, 0.6) is 0 Å². The summed E-state index contributed by atoms with van der Waals surface area (Å²) in [5.74, 6) is 1.09. The van der Waals surface area contributed by atoms with Gasteiger partial charge >= 0.3 is 0 Å². The van der Waals surface area contributed by atoms with Crippen LogP contribution in [0, 0.1) is 4.77 Å². The third kappa shape index (κ3) is 3.44. The van der Waals surface area contributed by atoms with Crippen LogP contribution in [-0.2, 0) is 10.0 Å². The first kappa shape index (κ1) is 15.3. The first-order valence-corrected chi connectivity index (χ1v) is 8.28. The molecule has 0 radical (unpaired) electrons. The second-order valence-corrected chi connectivity index (χ2v) is 6.47. The number of rotatable bonds is 4. The molecule has 2 heterocycles. The van der Waals surface area contributed by atoms with Crippen molar-refractivity contribution in [2.24, 2.45) is 10.2 Å². The van der Waals surface area contributed by atoms with Gasteiger partial charge in [0.25, 0.3) is 0 Å². The van der Waals surface area contributed by atoms with Gasteiger partial charge in [-0.1, -0.05) is 0 Å². The third-order valence-electron chi connectivity index (χ3n) is 2.94. The average molecular weight is 349 g/mol. The molecule has 0 spiro atoms. The maximum absolute atomic E-state index is 11.2. The Morgan fingerprint density at radius 3 is 2.61 bits per heavy atom. The Labute approximate surface area is 136 Å². The van der Waals surface area contributed by atoms with Crippen LogP contribution in [0.2, 0.25) is 0 Å². The number of H-pyrrole nitrogens is 1. The Morgan fingerprint density at radius 1 is 1.26 bits per heavy atom. The molecule has 3 rings (SSSR count). The molecular formula is C13H11N5O3S2. The molecule has 2 aromatic heterocycles. The number of nitrogens with one attached hydrogen (secondary N) is 1. The first-order valence-electron chi connectivity index (χ1n) is 6.33. The molecule has 0 aliphatic heterocycles. The van der Waals surface area contributed by atoms with Gasteiger partial charge in [0.15, 0.2) is 0 Å². The molecule has 0 fully saturated rings. The van der Waals surface area contributed by atoms with Gasteiger partial charge in [-0.05, 0) is 48.6 Å². The van der Waals surface area contributed by atoms with E-state index in [2.05, 4.69) is 15.3 Å². The molecule has 23 heavy (non-hydrogen) atoms. The van der Waals surface area contributed by atoms with E-state index in [0.717, 1.165) is 5.56 Å². The summed E-state index contributed by atoms with van der Waals surface area (Å²) in [4.78, 5) is 0.0453. The summed E-state index contributed by atoms with van der Waals surface area (Å²) in [6.45, 7) is 0. The Kier molecular flexibility index (Phi) is 3.94. The molecule has 3 N–H and O–H groups in total. The number of aromatic nitrogens is 3. The molecule has 0 saturated heterocycles. The second-order valence-electron chi connectivity index (χ2n) is 4.52. The summed E-state index contributed by atoms with van der Waals surface area (Å²) < 4.78 is 29.8.